The first-order chi connectivity index (χ1) is 18.4. The minimum absolute atomic E-state index is 0.125. The van der Waals surface area contributed by atoms with Crippen molar-refractivity contribution in [1.29, 1.82) is 0 Å². The third-order valence-electron chi connectivity index (χ3n) is 6.57. The van der Waals surface area contributed by atoms with Crippen LogP contribution >= 0.6 is 0 Å². The van der Waals surface area contributed by atoms with Gasteiger partial charge >= 0.3 is 5.97 Å². The molecule has 0 atom stereocenters. The quantitative estimate of drug-likeness (QED) is 0.364. The number of nitrogens with zero attached hydrogens (tertiary/aromatic N) is 5. The van der Waals surface area contributed by atoms with E-state index in [9.17, 15) is 14.7 Å². The maximum atomic E-state index is 12.8. The second-order valence-corrected chi connectivity index (χ2v) is 9.64. The molecule has 4 aromatic rings. The highest BCUT2D eigenvalue weighted by Crippen LogP contribution is 2.30. The number of para-hydroxylation sites is 1. The van der Waals surface area contributed by atoms with Crippen molar-refractivity contribution in [2.45, 2.75) is 25.7 Å². The molecule has 2 N–H and O–H groups in total. The van der Waals surface area contributed by atoms with Crippen LogP contribution in [0.4, 0.5) is 17.3 Å². The Hall–Kier alpha value is -4.53. The summed E-state index contributed by atoms with van der Waals surface area (Å²) in [5.74, 6) is 0.798. The number of benzene rings is 2. The lowest BCUT2D eigenvalue weighted by Crippen LogP contribution is -2.26. The van der Waals surface area contributed by atoms with Gasteiger partial charge in [0.1, 0.15) is 23.2 Å². The van der Waals surface area contributed by atoms with Crippen LogP contribution < -0.4 is 15.1 Å². The first kappa shape index (κ1) is 25.1. The number of carboxylic acid groups (broad SMARTS) is 1. The number of hydrogen-bond donors (Lipinski definition) is 2. The van der Waals surface area contributed by atoms with Gasteiger partial charge in [-0.1, -0.05) is 36.4 Å². The Labute approximate surface area is 221 Å². The van der Waals surface area contributed by atoms with Gasteiger partial charge in [0.15, 0.2) is 0 Å². The van der Waals surface area contributed by atoms with Crippen molar-refractivity contribution in [2.24, 2.45) is 0 Å². The van der Waals surface area contributed by atoms with E-state index in [1.54, 1.807) is 6.07 Å². The fraction of sp³-hybridized carbons (Fsp3) is 0.276. The predicted octanol–water partition coefficient (Wildman–Crippen LogP) is 4.16. The number of amides is 1. The number of carbonyl (C=O) groups excluding carboxylic acids is 1. The van der Waals surface area contributed by atoms with E-state index in [2.05, 4.69) is 15.2 Å². The summed E-state index contributed by atoms with van der Waals surface area (Å²) in [6, 6.07) is 18.9. The molecule has 5 rings (SSSR count). The van der Waals surface area contributed by atoms with Gasteiger partial charge in [-0.15, -0.1) is 0 Å². The average Bonchev–Trinajstić information content (AvgIpc) is 3.44. The standard InChI is InChI=1S/C29H30N6O3/c1-34(2)27-22(18-26(36)37)28(35-15-5-6-16-35)33-25(32-27)17-19-9-12-21(13-10-19)30-29(38)24-14-11-20-7-3-4-8-23(20)31-24/h3-4,7-14H,5-6,15-18H2,1-2H3,(H,30,38)(H,36,37). The summed E-state index contributed by atoms with van der Waals surface area (Å²) in [4.78, 5) is 42.4. The molecule has 1 aliphatic heterocycles. The number of aliphatic carboxylic acids is 1. The van der Waals surface area contributed by atoms with Crippen molar-refractivity contribution >= 4 is 40.1 Å². The van der Waals surface area contributed by atoms with Gasteiger partial charge in [-0.3, -0.25) is 9.59 Å². The second-order valence-electron chi connectivity index (χ2n) is 9.64. The maximum Gasteiger partial charge on any atom is 0.308 e. The van der Waals surface area contributed by atoms with Crippen LogP contribution in [0.25, 0.3) is 10.9 Å². The van der Waals surface area contributed by atoms with Crippen LogP contribution in [-0.2, 0) is 17.6 Å². The van der Waals surface area contributed by atoms with E-state index >= 15 is 0 Å². The molecular weight excluding hydrogens is 480 g/mol. The summed E-state index contributed by atoms with van der Waals surface area (Å²) < 4.78 is 0. The molecular formula is C29H30N6O3. The van der Waals surface area contributed by atoms with Crippen molar-refractivity contribution < 1.29 is 14.7 Å². The van der Waals surface area contributed by atoms with Gasteiger partial charge in [-0.05, 0) is 42.7 Å². The number of rotatable bonds is 8. The summed E-state index contributed by atoms with van der Waals surface area (Å²) in [7, 11) is 3.74. The summed E-state index contributed by atoms with van der Waals surface area (Å²) in [5, 5.41) is 13.4. The fourth-order valence-electron chi connectivity index (χ4n) is 4.73. The first-order valence-corrected chi connectivity index (χ1v) is 12.7. The highest BCUT2D eigenvalue weighted by atomic mass is 16.4. The molecule has 0 saturated carbocycles. The third-order valence-corrected chi connectivity index (χ3v) is 6.57. The average molecular weight is 511 g/mol. The fourth-order valence-corrected chi connectivity index (χ4v) is 4.73. The van der Waals surface area contributed by atoms with E-state index in [0.717, 1.165) is 42.4 Å². The molecule has 2 aromatic carbocycles. The van der Waals surface area contributed by atoms with Crippen molar-refractivity contribution in [2.75, 3.05) is 42.3 Å². The number of carbonyl (C=O) groups is 2. The minimum atomic E-state index is -0.901. The third kappa shape index (κ3) is 5.56. The van der Waals surface area contributed by atoms with Crippen LogP contribution in [0.1, 0.15) is 40.3 Å². The molecule has 38 heavy (non-hydrogen) atoms. The molecule has 9 heteroatoms. The van der Waals surface area contributed by atoms with Gasteiger partial charge in [0, 0.05) is 50.2 Å². The van der Waals surface area contributed by atoms with E-state index < -0.39 is 5.97 Å². The zero-order chi connectivity index (χ0) is 26.6. The molecule has 1 amide bonds. The minimum Gasteiger partial charge on any atom is -0.481 e. The Balaban J connectivity index is 1.35. The van der Waals surface area contributed by atoms with E-state index in [1.165, 1.54) is 0 Å². The second kappa shape index (κ2) is 10.8. The Kier molecular flexibility index (Phi) is 7.17. The van der Waals surface area contributed by atoms with Gasteiger partial charge in [-0.25, -0.2) is 15.0 Å². The summed E-state index contributed by atoms with van der Waals surface area (Å²) in [5.41, 5.74) is 3.42. The van der Waals surface area contributed by atoms with Crippen molar-refractivity contribution in [3.63, 3.8) is 0 Å². The summed E-state index contributed by atoms with van der Waals surface area (Å²) in [6.07, 6.45) is 2.48. The lowest BCUT2D eigenvalue weighted by atomic mass is 10.1. The largest absolute Gasteiger partial charge is 0.481 e. The first-order valence-electron chi connectivity index (χ1n) is 12.7. The van der Waals surface area contributed by atoms with Gasteiger partial charge in [0.2, 0.25) is 0 Å². The van der Waals surface area contributed by atoms with Gasteiger partial charge in [0.05, 0.1) is 11.9 Å². The smallest absolute Gasteiger partial charge is 0.308 e. The number of aromatic nitrogens is 3. The van der Waals surface area contributed by atoms with Crippen molar-refractivity contribution in [1.82, 2.24) is 15.0 Å². The molecule has 0 radical (unpaired) electrons. The van der Waals surface area contributed by atoms with E-state index in [4.69, 9.17) is 9.97 Å². The molecule has 1 aliphatic rings. The Bertz CT molecular complexity index is 1480. The Morgan fingerprint density at radius 2 is 1.68 bits per heavy atom. The van der Waals surface area contributed by atoms with Crippen molar-refractivity contribution in [3.05, 3.63) is 83.3 Å². The van der Waals surface area contributed by atoms with Crippen LogP contribution in [0.2, 0.25) is 0 Å². The topological polar surface area (TPSA) is 112 Å². The van der Waals surface area contributed by atoms with Crippen LogP contribution in [0.3, 0.4) is 0 Å². The molecule has 0 spiro atoms. The molecule has 2 aromatic heterocycles. The predicted molar refractivity (Wildman–Crippen MR) is 148 cm³/mol. The van der Waals surface area contributed by atoms with Crippen LogP contribution in [0, 0.1) is 0 Å². The highest BCUT2D eigenvalue weighted by Gasteiger charge is 2.24. The SMILES string of the molecule is CN(C)c1nc(Cc2ccc(NC(=O)c3ccc4ccccc4n3)cc2)nc(N2CCCC2)c1CC(=O)O. The molecule has 1 saturated heterocycles. The van der Waals surface area contributed by atoms with Gasteiger partial charge in [-0.2, -0.15) is 0 Å². The summed E-state index contributed by atoms with van der Waals surface area (Å²) >= 11 is 0. The monoisotopic (exact) mass is 510 g/mol. The molecule has 194 valence electrons. The zero-order valence-electron chi connectivity index (χ0n) is 21.5. The zero-order valence-corrected chi connectivity index (χ0v) is 21.5. The molecule has 1 fully saturated rings. The number of anilines is 3. The number of carboxylic acids is 1. The molecule has 0 aliphatic carbocycles. The van der Waals surface area contributed by atoms with Crippen molar-refractivity contribution in [3.8, 4) is 0 Å². The Morgan fingerprint density at radius 1 is 0.947 bits per heavy atom. The normalized spacial score (nSPS) is 13.1. The van der Waals surface area contributed by atoms with E-state index in [1.807, 2.05) is 73.6 Å². The molecule has 0 unspecified atom stereocenters. The number of nitrogens with one attached hydrogen (secondary N) is 1. The summed E-state index contributed by atoms with van der Waals surface area (Å²) in [6.45, 7) is 1.72. The van der Waals surface area contributed by atoms with Crippen LogP contribution in [-0.4, -0.2) is 59.1 Å². The number of hydrogen-bond acceptors (Lipinski definition) is 7. The van der Waals surface area contributed by atoms with Crippen LogP contribution in [0.15, 0.2) is 60.7 Å². The lowest BCUT2D eigenvalue weighted by molar-refractivity contribution is -0.136. The van der Waals surface area contributed by atoms with Crippen LogP contribution in [0.5, 0.6) is 0 Å². The number of fused-ring (bicyclic) bond motifs is 1. The van der Waals surface area contributed by atoms with Gasteiger partial charge < -0.3 is 20.2 Å². The highest BCUT2D eigenvalue weighted by molar-refractivity contribution is 6.04. The lowest BCUT2D eigenvalue weighted by Gasteiger charge is -2.24. The van der Waals surface area contributed by atoms with E-state index in [0.29, 0.717) is 40.8 Å². The molecule has 9 nitrogen and oxygen atoms in total. The number of pyridine rings is 1. The molecule has 0 bridgehead atoms. The Morgan fingerprint density at radius 3 is 2.39 bits per heavy atom. The maximum absolute atomic E-state index is 12.8. The molecule has 3 heterocycles. The van der Waals surface area contributed by atoms with Gasteiger partial charge in [0.25, 0.3) is 5.91 Å². The van der Waals surface area contributed by atoms with E-state index in [-0.39, 0.29) is 12.3 Å².